The second-order valence-corrected chi connectivity index (χ2v) is 5.94. The molecule has 18 heavy (non-hydrogen) atoms. The molecule has 0 radical (unpaired) electrons. The normalized spacial score (nSPS) is 12.6. The third kappa shape index (κ3) is 3.12. The van der Waals surface area contributed by atoms with Gasteiger partial charge < -0.3 is 5.32 Å². The number of nitrogens with zero attached hydrogens (tertiary/aromatic N) is 1. The van der Waals surface area contributed by atoms with Crippen molar-refractivity contribution in [3.63, 3.8) is 0 Å². The number of hydrogen-bond acceptors (Lipinski definition) is 3. The van der Waals surface area contributed by atoms with Crippen molar-refractivity contribution >= 4 is 38.9 Å². The van der Waals surface area contributed by atoms with Gasteiger partial charge in [-0.1, -0.05) is 18.5 Å². The number of halogens is 2. The molecule has 2 rings (SSSR count). The highest BCUT2D eigenvalue weighted by molar-refractivity contribution is 9.10. The Kier molecular flexibility index (Phi) is 5.18. The highest BCUT2D eigenvalue weighted by atomic mass is 79.9. The molecule has 1 N–H and O–H groups in total. The molecule has 0 aromatic carbocycles. The van der Waals surface area contributed by atoms with Crippen molar-refractivity contribution in [3.8, 4) is 0 Å². The van der Waals surface area contributed by atoms with Crippen LogP contribution in [0.5, 0.6) is 0 Å². The Hall–Kier alpha value is -0.420. The molecule has 0 aliphatic heterocycles. The maximum Gasteiger partial charge on any atom is 0.0805 e. The molecule has 2 heterocycles. The van der Waals surface area contributed by atoms with Gasteiger partial charge in [-0.15, -0.1) is 0 Å². The predicted molar refractivity (Wildman–Crippen MR) is 81.4 cm³/mol. The van der Waals surface area contributed by atoms with Crippen LogP contribution in [0.4, 0.5) is 0 Å². The maximum absolute atomic E-state index is 6.25. The van der Waals surface area contributed by atoms with Crippen LogP contribution in [-0.2, 0) is 0 Å². The van der Waals surface area contributed by atoms with Crippen LogP contribution >= 0.6 is 38.9 Å². The fraction of sp³-hybridized carbons (Fsp3) is 0.308. The monoisotopic (exact) mass is 344 g/mol. The van der Waals surface area contributed by atoms with Gasteiger partial charge in [0.1, 0.15) is 0 Å². The molecule has 0 bridgehead atoms. The topological polar surface area (TPSA) is 24.9 Å². The van der Waals surface area contributed by atoms with Crippen LogP contribution in [0.15, 0.2) is 33.6 Å². The minimum Gasteiger partial charge on any atom is -0.305 e. The van der Waals surface area contributed by atoms with Gasteiger partial charge in [0.05, 0.1) is 16.8 Å². The number of pyridine rings is 1. The van der Waals surface area contributed by atoms with Gasteiger partial charge in [0.2, 0.25) is 0 Å². The molecular weight excluding hydrogens is 332 g/mol. The van der Waals surface area contributed by atoms with Crippen molar-refractivity contribution in [1.29, 1.82) is 0 Å². The molecular formula is C13H14BrClN2S. The van der Waals surface area contributed by atoms with E-state index in [1.807, 2.05) is 12.1 Å². The van der Waals surface area contributed by atoms with E-state index in [1.165, 1.54) is 5.56 Å². The predicted octanol–water partition coefficient (Wildman–Crippen LogP) is 4.65. The lowest BCUT2D eigenvalue weighted by Gasteiger charge is -2.18. The highest BCUT2D eigenvalue weighted by Crippen LogP contribution is 2.33. The van der Waals surface area contributed by atoms with Crippen molar-refractivity contribution in [1.82, 2.24) is 10.3 Å². The summed E-state index contributed by atoms with van der Waals surface area (Å²) in [5.74, 6) is 0. The van der Waals surface area contributed by atoms with E-state index in [-0.39, 0.29) is 6.04 Å². The van der Waals surface area contributed by atoms with Crippen molar-refractivity contribution in [2.75, 3.05) is 6.54 Å². The summed E-state index contributed by atoms with van der Waals surface area (Å²) in [6.07, 6.45) is 2.85. The van der Waals surface area contributed by atoms with Crippen LogP contribution in [0, 0.1) is 0 Å². The molecule has 0 aliphatic rings. The van der Waals surface area contributed by atoms with E-state index < -0.39 is 0 Å². The van der Waals surface area contributed by atoms with Gasteiger partial charge in [-0.3, -0.25) is 4.98 Å². The summed E-state index contributed by atoms with van der Waals surface area (Å²) in [6, 6.07) is 3.77. The SMILES string of the molecule is CCCNC(c1cscc1Br)c1ncccc1Cl. The number of thiophene rings is 1. The van der Waals surface area contributed by atoms with Crippen molar-refractivity contribution in [2.24, 2.45) is 0 Å². The zero-order chi connectivity index (χ0) is 13.0. The van der Waals surface area contributed by atoms with Crippen molar-refractivity contribution < 1.29 is 0 Å². The molecule has 2 aromatic heterocycles. The lowest BCUT2D eigenvalue weighted by atomic mass is 10.1. The van der Waals surface area contributed by atoms with Gasteiger partial charge in [-0.25, -0.2) is 0 Å². The first-order valence-electron chi connectivity index (χ1n) is 5.79. The molecule has 1 unspecified atom stereocenters. The van der Waals surface area contributed by atoms with Crippen LogP contribution in [0.3, 0.4) is 0 Å². The molecule has 0 saturated carbocycles. The molecule has 0 amide bonds. The fourth-order valence-electron chi connectivity index (χ4n) is 1.75. The Morgan fingerprint density at radius 2 is 2.33 bits per heavy atom. The summed E-state index contributed by atoms with van der Waals surface area (Å²) in [5.41, 5.74) is 2.07. The van der Waals surface area contributed by atoms with Crippen LogP contribution in [0.2, 0.25) is 5.02 Å². The Bertz CT molecular complexity index is 515. The van der Waals surface area contributed by atoms with Crippen LogP contribution in [-0.4, -0.2) is 11.5 Å². The summed E-state index contributed by atoms with van der Waals surface area (Å²) in [4.78, 5) is 4.42. The summed E-state index contributed by atoms with van der Waals surface area (Å²) >= 11 is 11.5. The Morgan fingerprint density at radius 1 is 1.50 bits per heavy atom. The quantitative estimate of drug-likeness (QED) is 0.853. The zero-order valence-corrected chi connectivity index (χ0v) is 13.1. The summed E-state index contributed by atoms with van der Waals surface area (Å²) in [6.45, 7) is 3.08. The summed E-state index contributed by atoms with van der Waals surface area (Å²) in [7, 11) is 0. The molecule has 1 atom stereocenters. The van der Waals surface area contributed by atoms with E-state index in [9.17, 15) is 0 Å². The summed E-state index contributed by atoms with van der Waals surface area (Å²) < 4.78 is 1.10. The maximum atomic E-state index is 6.25. The van der Waals surface area contributed by atoms with Crippen LogP contribution in [0.25, 0.3) is 0 Å². The third-order valence-electron chi connectivity index (χ3n) is 2.61. The number of nitrogens with one attached hydrogen (secondary N) is 1. The molecule has 0 aliphatic carbocycles. The first-order chi connectivity index (χ1) is 8.74. The zero-order valence-electron chi connectivity index (χ0n) is 9.99. The summed E-state index contributed by atoms with van der Waals surface area (Å²) in [5, 5.41) is 8.40. The first-order valence-corrected chi connectivity index (χ1v) is 7.90. The molecule has 2 nitrogen and oxygen atoms in total. The van der Waals surface area contributed by atoms with E-state index in [1.54, 1.807) is 17.5 Å². The Morgan fingerprint density at radius 3 is 2.94 bits per heavy atom. The van der Waals surface area contributed by atoms with Gasteiger partial charge in [0.25, 0.3) is 0 Å². The smallest absolute Gasteiger partial charge is 0.0805 e. The van der Waals surface area contributed by atoms with E-state index >= 15 is 0 Å². The minimum atomic E-state index is 0.0410. The largest absolute Gasteiger partial charge is 0.305 e. The first kappa shape index (κ1) is 14.0. The van der Waals surface area contributed by atoms with Gasteiger partial charge >= 0.3 is 0 Å². The highest BCUT2D eigenvalue weighted by Gasteiger charge is 2.20. The van der Waals surface area contributed by atoms with E-state index in [0.717, 1.165) is 23.1 Å². The number of hydrogen-bond donors (Lipinski definition) is 1. The minimum absolute atomic E-state index is 0.0410. The average Bonchev–Trinajstić information content (AvgIpc) is 2.78. The van der Waals surface area contributed by atoms with Gasteiger partial charge in [-0.2, -0.15) is 11.3 Å². The molecule has 96 valence electrons. The van der Waals surface area contributed by atoms with Crippen LogP contribution in [0.1, 0.15) is 30.6 Å². The second-order valence-electron chi connectivity index (χ2n) is 3.93. The molecule has 0 fully saturated rings. The number of aromatic nitrogens is 1. The molecule has 0 spiro atoms. The van der Waals surface area contributed by atoms with E-state index in [0.29, 0.717) is 5.02 Å². The molecule has 0 saturated heterocycles. The van der Waals surface area contributed by atoms with E-state index in [2.05, 4.69) is 43.9 Å². The van der Waals surface area contributed by atoms with Gasteiger partial charge in [-0.05, 0) is 46.4 Å². The van der Waals surface area contributed by atoms with Gasteiger partial charge in [0.15, 0.2) is 0 Å². The molecule has 5 heteroatoms. The fourth-order valence-corrected chi connectivity index (χ4v) is 3.53. The second kappa shape index (κ2) is 6.66. The molecule has 2 aromatic rings. The van der Waals surface area contributed by atoms with Crippen molar-refractivity contribution in [3.05, 3.63) is 49.8 Å². The van der Waals surface area contributed by atoms with Crippen LogP contribution < -0.4 is 5.32 Å². The van der Waals surface area contributed by atoms with Crippen molar-refractivity contribution in [2.45, 2.75) is 19.4 Å². The lowest BCUT2D eigenvalue weighted by Crippen LogP contribution is -2.24. The lowest BCUT2D eigenvalue weighted by molar-refractivity contribution is 0.586. The average molecular weight is 346 g/mol. The van der Waals surface area contributed by atoms with E-state index in [4.69, 9.17) is 11.6 Å². The van der Waals surface area contributed by atoms with Gasteiger partial charge in [0, 0.05) is 21.6 Å². The third-order valence-corrected chi connectivity index (χ3v) is 4.68. The Balaban J connectivity index is 2.37. The number of rotatable bonds is 5. The Labute approximate surface area is 125 Å². The standard InChI is InChI=1S/C13H14BrClN2S/c1-2-5-16-12(9-7-18-8-10(9)14)13-11(15)4-3-6-17-13/h3-4,6-8,12,16H,2,5H2,1H3.